The van der Waals surface area contributed by atoms with Gasteiger partial charge in [0.05, 0.1) is 5.69 Å². The first-order valence-electron chi connectivity index (χ1n) is 6.07. The van der Waals surface area contributed by atoms with Crippen molar-refractivity contribution < 1.29 is 8.42 Å². The number of hydrogen-bond acceptors (Lipinski definition) is 3. The summed E-state index contributed by atoms with van der Waals surface area (Å²) in [6.45, 7) is 7.64. The molecule has 0 radical (unpaired) electrons. The Morgan fingerprint density at radius 2 is 1.72 bits per heavy atom. The van der Waals surface area contributed by atoms with Crippen LogP contribution in [0.1, 0.15) is 27.7 Å². The van der Waals surface area contributed by atoms with E-state index in [2.05, 4.69) is 4.99 Å². The maximum atomic E-state index is 12.6. The lowest BCUT2D eigenvalue weighted by Crippen LogP contribution is -2.45. The quantitative estimate of drug-likeness (QED) is 0.826. The van der Waals surface area contributed by atoms with E-state index in [0.717, 1.165) is 0 Å². The Morgan fingerprint density at radius 3 is 2.28 bits per heavy atom. The molecular weight excluding hydrogens is 248 g/mol. The molecule has 1 aromatic rings. The fourth-order valence-electron chi connectivity index (χ4n) is 2.10. The molecule has 0 amide bonds. The predicted molar refractivity (Wildman–Crippen MR) is 72.5 cm³/mol. The van der Waals surface area contributed by atoms with Crippen molar-refractivity contribution in [2.24, 2.45) is 10.9 Å². The van der Waals surface area contributed by atoms with E-state index in [1.165, 1.54) is 4.31 Å². The molecule has 0 fully saturated rings. The van der Waals surface area contributed by atoms with Gasteiger partial charge in [-0.25, -0.2) is 13.4 Å². The highest BCUT2D eigenvalue weighted by molar-refractivity contribution is 7.90. The second kappa shape index (κ2) is 4.39. The first kappa shape index (κ1) is 13.1. The van der Waals surface area contributed by atoms with Crippen LogP contribution in [0.2, 0.25) is 0 Å². The Labute approximate surface area is 108 Å². The van der Waals surface area contributed by atoms with E-state index < -0.39 is 10.0 Å². The third kappa shape index (κ3) is 1.92. The zero-order valence-corrected chi connectivity index (χ0v) is 11.9. The predicted octanol–water partition coefficient (Wildman–Crippen LogP) is 2.79. The first-order valence-corrected chi connectivity index (χ1v) is 7.51. The summed E-state index contributed by atoms with van der Waals surface area (Å²) in [4.78, 5) is 4.80. The average molecular weight is 266 g/mol. The summed E-state index contributed by atoms with van der Waals surface area (Å²) in [7, 11) is -3.47. The van der Waals surface area contributed by atoms with Crippen molar-refractivity contribution in [3.05, 3.63) is 24.3 Å². The zero-order valence-electron chi connectivity index (χ0n) is 11.1. The summed E-state index contributed by atoms with van der Waals surface area (Å²) in [6.07, 6.45) is 0. The summed E-state index contributed by atoms with van der Waals surface area (Å²) >= 11 is 0. The molecule has 0 aliphatic carbocycles. The number of fused-ring (bicyclic) bond motifs is 1. The average Bonchev–Trinajstić information content (AvgIpc) is 2.27. The number of nitrogens with zero attached hydrogens (tertiary/aromatic N) is 2. The molecule has 4 nitrogen and oxygen atoms in total. The summed E-state index contributed by atoms with van der Waals surface area (Å²) in [5.41, 5.74) is 0.540. The van der Waals surface area contributed by atoms with Gasteiger partial charge >= 0.3 is 0 Å². The van der Waals surface area contributed by atoms with Crippen LogP contribution in [0.5, 0.6) is 0 Å². The highest BCUT2D eigenvalue weighted by Crippen LogP contribution is 2.34. The fourth-order valence-corrected chi connectivity index (χ4v) is 3.99. The molecule has 1 heterocycles. The Bertz CT molecular complexity index is 589. The molecule has 1 aliphatic rings. The van der Waals surface area contributed by atoms with Crippen LogP contribution in [0, 0.1) is 5.92 Å². The highest BCUT2D eigenvalue weighted by Gasteiger charge is 2.36. The highest BCUT2D eigenvalue weighted by atomic mass is 32.2. The van der Waals surface area contributed by atoms with Gasteiger partial charge in [-0.05, 0) is 26.0 Å². The van der Waals surface area contributed by atoms with Crippen molar-refractivity contribution in [1.29, 1.82) is 0 Å². The van der Waals surface area contributed by atoms with Gasteiger partial charge in [0.25, 0.3) is 10.0 Å². The molecule has 0 aromatic heterocycles. The van der Waals surface area contributed by atoms with Crippen LogP contribution in [0.4, 0.5) is 5.69 Å². The van der Waals surface area contributed by atoms with E-state index in [0.29, 0.717) is 16.4 Å². The van der Waals surface area contributed by atoms with Crippen molar-refractivity contribution in [3.63, 3.8) is 0 Å². The minimum atomic E-state index is -3.47. The summed E-state index contributed by atoms with van der Waals surface area (Å²) in [5.74, 6) is 0.680. The van der Waals surface area contributed by atoms with E-state index in [1.807, 2.05) is 27.7 Å². The van der Waals surface area contributed by atoms with Crippen LogP contribution in [-0.2, 0) is 10.0 Å². The zero-order chi connectivity index (χ0) is 13.5. The molecule has 18 heavy (non-hydrogen) atoms. The molecule has 1 aliphatic heterocycles. The van der Waals surface area contributed by atoms with Gasteiger partial charge in [0, 0.05) is 12.0 Å². The van der Waals surface area contributed by atoms with Gasteiger partial charge in [-0.15, -0.1) is 0 Å². The fraction of sp³-hybridized carbons (Fsp3) is 0.462. The number of aliphatic imine (C=N–C) groups is 1. The third-order valence-corrected chi connectivity index (χ3v) is 4.88. The molecule has 0 saturated carbocycles. The lowest BCUT2D eigenvalue weighted by Gasteiger charge is -2.34. The Hall–Kier alpha value is -1.36. The molecule has 0 spiro atoms. The van der Waals surface area contributed by atoms with E-state index in [-0.39, 0.29) is 12.0 Å². The molecule has 98 valence electrons. The van der Waals surface area contributed by atoms with Crippen LogP contribution in [0.3, 0.4) is 0 Å². The van der Waals surface area contributed by atoms with Crippen LogP contribution in [0.25, 0.3) is 0 Å². The van der Waals surface area contributed by atoms with E-state index in [4.69, 9.17) is 0 Å². The van der Waals surface area contributed by atoms with Gasteiger partial charge in [-0.1, -0.05) is 26.0 Å². The van der Waals surface area contributed by atoms with Gasteiger partial charge in [0.15, 0.2) is 0 Å². The third-order valence-electron chi connectivity index (χ3n) is 2.85. The van der Waals surface area contributed by atoms with Crippen molar-refractivity contribution in [3.8, 4) is 0 Å². The normalized spacial score (nSPS) is 17.9. The van der Waals surface area contributed by atoms with Gasteiger partial charge in [0.1, 0.15) is 10.7 Å². The minimum absolute atomic E-state index is 0.0653. The number of sulfonamides is 1. The summed E-state index contributed by atoms with van der Waals surface area (Å²) < 4.78 is 26.6. The van der Waals surface area contributed by atoms with Crippen molar-refractivity contribution in [1.82, 2.24) is 4.31 Å². The van der Waals surface area contributed by atoms with Crippen molar-refractivity contribution in [2.75, 3.05) is 0 Å². The van der Waals surface area contributed by atoms with Crippen molar-refractivity contribution in [2.45, 2.75) is 38.6 Å². The number of amidine groups is 1. The van der Waals surface area contributed by atoms with Crippen LogP contribution in [0.15, 0.2) is 34.2 Å². The molecule has 5 heteroatoms. The molecule has 1 aromatic carbocycles. The SMILES string of the molecule is CC(C)C1=Nc2ccccc2S(=O)(=O)N1C(C)C. The first-order chi connectivity index (χ1) is 8.35. The van der Waals surface area contributed by atoms with Gasteiger partial charge in [0.2, 0.25) is 0 Å². The lowest BCUT2D eigenvalue weighted by molar-refractivity contribution is 0.452. The largest absolute Gasteiger partial charge is 0.267 e. The standard InChI is InChI=1S/C13H18N2O2S/c1-9(2)13-14-11-7-5-6-8-12(11)18(16,17)15(13)10(3)4/h5-10H,1-4H3. The second-order valence-corrected chi connectivity index (χ2v) is 6.77. The Morgan fingerprint density at radius 1 is 1.11 bits per heavy atom. The minimum Gasteiger partial charge on any atom is -0.251 e. The molecule has 0 unspecified atom stereocenters. The Balaban J connectivity index is 2.73. The smallest absolute Gasteiger partial charge is 0.251 e. The lowest BCUT2D eigenvalue weighted by atomic mass is 10.1. The molecule has 0 atom stereocenters. The number of benzene rings is 1. The van der Waals surface area contributed by atoms with Crippen LogP contribution < -0.4 is 0 Å². The van der Waals surface area contributed by atoms with E-state index >= 15 is 0 Å². The Kier molecular flexibility index (Phi) is 3.19. The maximum absolute atomic E-state index is 12.6. The van der Waals surface area contributed by atoms with Gasteiger partial charge in [-0.2, -0.15) is 0 Å². The number of para-hydroxylation sites is 1. The van der Waals surface area contributed by atoms with Crippen LogP contribution >= 0.6 is 0 Å². The monoisotopic (exact) mass is 266 g/mol. The molecular formula is C13H18N2O2S. The van der Waals surface area contributed by atoms with E-state index in [9.17, 15) is 8.42 Å². The van der Waals surface area contributed by atoms with Crippen molar-refractivity contribution >= 4 is 21.5 Å². The number of rotatable bonds is 2. The van der Waals surface area contributed by atoms with Crippen LogP contribution in [-0.4, -0.2) is 24.6 Å². The second-order valence-electron chi connectivity index (χ2n) is 4.99. The van der Waals surface area contributed by atoms with Gasteiger partial charge < -0.3 is 0 Å². The van der Waals surface area contributed by atoms with E-state index in [1.54, 1.807) is 24.3 Å². The molecule has 2 rings (SSSR count). The van der Waals surface area contributed by atoms with Gasteiger partial charge in [-0.3, -0.25) is 4.31 Å². The summed E-state index contributed by atoms with van der Waals surface area (Å²) in [5, 5.41) is 0. The molecule has 0 bridgehead atoms. The topological polar surface area (TPSA) is 49.7 Å². The summed E-state index contributed by atoms with van der Waals surface area (Å²) in [6, 6.07) is 6.75. The maximum Gasteiger partial charge on any atom is 0.267 e. The molecule has 0 saturated heterocycles. The molecule has 0 N–H and O–H groups in total. The number of hydrogen-bond donors (Lipinski definition) is 0.